The predicted octanol–water partition coefficient (Wildman–Crippen LogP) is 5.28. The van der Waals surface area contributed by atoms with E-state index in [4.69, 9.17) is 4.98 Å². The van der Waals surface area contributed by atoms with Crippen molar-refractivity contribution in [3.8, 4) is 34.2 Å². The van der Waals surface area contributed by atoms with Crippen LogP contribution in [0.1, 0.15) is 43.5 Å². The third-order valence-corrected chi connectivity index (χ3v) is 7.03. The van der Waals surface area contributed by atoms with Crippen molar-refractivity contribution in [3.05, 3.63) is 77.2 Å². The summed E-state index contributed by atoms with van der Waals surface area (Å²) in [4.78, 5) is 26.6. The molecule has 2 aromatic carbocycles. The van der Waals surface area contributed by atoms with Gasteiger partial charge < -0.3 is 10.2 Å². The van der Waals surface area contributed by atoms with Gasteiger partial charge >= 0.3 is 19.2 Å². The highest BCUT2D eigenvalue weighted by atomic mass is 31.1. The summed E-state index contributed by atoms with van der Waals surface area (Å²) in [5.74, 6) is 2.90. The van der Waals surface area contributed by atoms with Crippen LogP contribution in [0.15, 0.2) is 54.6 Å². The lowest BCUT2D eigenvalue weighted by molar-refractivity contribution is -0.141. The van der Waals surface area contributed by atoms with Crippen LogP contribution in [0, 0.1) is 24.6 Å². The number of aliphatic hydroxyl groups excluding tert-OH is 1. The minimum Gasteiger partial charge on any atom is -0.477 e. The molecule has 0 aliphatic carbocycles. The standard InChI is InChI=1S/C27H25FNO5P/c1-16(2)25-22(12-13-27(18(4)30,26(31)32)35(33)34)23(21-11-10-20(28)14-17(21)3)15-24(29-25)19-8-6-5-7-9-19/h5-11,14-16,18,30H,1-4H3,(H-,31,32,33,34)/p+1. The molecule has 8 heteroatoms. The summed E-state index contributed by atoms with van der Waals surface area (Å²) in [6, 6.07) is 15.5. The smallest absolute Gasteiger partial charge is 0.477 e. The van der Waals surface area contributed by atoms with Gasteiger partial charge in [0.25, 0.3) is 0 Å². The first-order valence-electron chi connectivity index (χ1n) is 11.0. The van der Waals surface area contributed by atoms with E-state index < -0.39 is 31.1 Å². The lowest BCUT2D eigenvalue weighted by Gasteiger charge is -2.18. The molecule has 180 valence electrons. The van der Waals surface area contributed by atoms with E-state index in [1.165, 1.54) is 12.1 Å². The molecule has 3 rings (SSSR count). The number of halogens is 1. The van der Waals surface area contributed by atoms with E-state index in [1.54, 1.807) is 19.1 Å². The molecule has 0 saturated heterocycles. The Morgan fingerprint density at radius 1 is 1.09 bits per heavy atom. The molecule has 1 heterocycles. The highest BCUT2D eigenvalue weighted by Gasteiger charge is 2.60. The molecule has 3 unspecified atom stereocenters. The van der Waals surface area contributed by atoms with Gasteiger partial charge in [-0.2, -0.15) is 4.89 Å². The summed E-state index contributed by atoms with van der Waals surface area (Å²) < 4.78 is 26.0. The van der Waals surface area contributed by atoms with Crippen molar-refractivity contribution < 1.29 is 28.9 Å². The summed E-state index contributed by atoms with van der Waals surface area (Å²) in [6.45, 7) is 6.65. The van der Waals surface area contributed by atoms with Crippen LogP contribution in [0.3, 0.4) is 0 Å². The number of rotatable bonds is 6. The van der Waals surface area contributed by atoms with Gasteiger partial charge in [0, 0.05) is 11.1 Å². The second-order valence-corrected chi connectivity index (χ2v) is 9.82. The highest BCUT2D eigenvalue weighted by molar-refractivity contribution is 7.42. The van der Waals surface area contributed by atoms with Crippen molar-refractivity contribution in [1.82, 2.24) is 4.98 Å². The summed E-state index contributed by atoms with van der Waals surface area (Å²) >= 11 is 0. The molecule has 35 heavy (non-hydrogen) atoms. The molecule has 6 nitrogen and oxygen atoms in total. The fourth-order valence-electron chi connectivity index (χ4n) is 3.80. The first-order chi connectivity index (χ1) is 16.5. The number of carbonyl (C=O) groups is 1. The van der Waals surface area contributed by atoms with Crippen LogP contribution in [0.5, 0.6) is 0 Å². The van der Waals surface area contributed by atoms with Gasteiger partial charge in [-0.25, -0.2) is 9.18 Å². The second-order valence-electron chi connectivity index (χ2n) is 8.57. The van der Waals surface area contributed by atoms with Gasteiger partial charge in [0.15, 0.2) is 0 Å². The maximum atomic E-state index is 13.9. The molecule has 0 aliphatic heterocycles. The number of aromatic nitrogens is 1. The van der Waals surface area contributed by atoms with Gasteiger partial charge in [-0.3, -0.25) is 4.98 Å². The second kappa shape index (κ2) is 10.5. The molecule has 0 saturated carbocycles. The van der Waals surface area contributed by atoms with E-state index >= 15 is 0 Å². The molecule has 0 aliphatic rings. The largest absolute Gasteiger partial charge is 0.540 e. The Morgan fingerprint density at radius 2 is 1.74 bits per heavy atom. The number of carboxylic acid groups (broad SMARTS) is 1. The van der Waals surface area contributed by atoms with Gasteiger partial charge in [0.1, 0.15) is 11.9 Å². The average Bonchev–Trinajstić information content (AvgIpc) is 2.79. The van der Waals surface area contributed by atoms with Crippen molar-refractivity contribution in [2.75, 3.05) is 0 Å². The number of carboxylic acids is 1. The van der Waals surface area contributed by atoms with Crippen LogP contribution >= 0.6 is 8.03 Å². The van der Waals surface area contributed by atoms with Crippen LogP contribution < -0.4 is 0 Å². The predicted molar refractivity (Wildman–Crippen MR) is 133 cm³/mol. The normalized spacial score (nSPS) is 14.0. The van der Waals surface area contributed by atoms with Crippen molar-refractivity contribution in [2.24, 2.45) is 0 Å². The Kier molecular flexibility index (Phi) is 7.82. The number of benzene rings is 2. The quantitative estimate of drug-likeness (QED) is 0.318. The van der Waals surface area contributed by atoms with Crippen molar-refractivity contribution in [3.63, 3.8) is 0 Å². The van der Waals surface area contributed by atoms with Crippen molar-refractivity contribution in [2.45, 2.75) is 44.9 Å². The van der Waals surface area contributed by atoms with Gasteiger partial charge in [0.05, 0.1) is 17.0 Å². The molecule has 1 aromatic heterocycles. The Hall–Kier alpha value is -3.43. The molecule has 3 N–H and O–H groups in total. The Morgan fingerprint density at radius 3 is 2.26 bits per heavy atom. The first-order valence-corrected chi connectivity index (χ1v) is 12.2. The lowest BCUT2D eigenvalue weighted by Crippen LogP contribution is -2.43. The number of nitrogens with zero attached hydrogens (tertiary/aromatic N) is 1. The number of hydrogen-bond donors (Lipinski definition) is 3. The number of pyridine rings is 1. The molecule has 0 fully saturated rings. The summed E-state index contributed by atoms with van der Waals surface area (Å²) in [5.41, 5.74) is 4.23. The van der Waals surface area contributed by atoms with E-state index in [0.29, 0.717) is 33.6 Å². The van der Waals surface area contributed by atoms with Gasteiger partial charge in [0.2, 0.25) is 0 Å². The minimum atomic E-state index is -3.41. The summed E-state index contributed by atoms with van der Waals surface area (Å²) in [6.07, 6.45) is -1.73. The molecule has 3 aromatic rings. The molecule has 0 amide bonds. The third-order valence-electron chi connectivity index (χ3n) is 5.75. The van der Waals surface area contributed by atoms with E-state index in [-0.39, 0.29) is 5.92 Å². The van der Waals surface area contributed by atoms with Gasteiger partial charge in [-0.15, -0.1) is 0 Å². The SMILES string of the molecule is Cc1cc(F)ccc1-c1cc(-c2ccccc2)nc(C(C)C)c1C#CC(C(=O)O)(C(C)O)[P+](=O)O. The Labute approximate surface area is 204 Å². The van der Waals surface area contributed by atoms with E-state index in [9.17, 15) is 28.9 Å². The van der Waals surface area contributed by atoms with Crippen LogP contribution in [-0.4, -0.2) is 37.3 Å². The molecule has 3 atom stereocenters. The van der Waals surface area contributed by atoms with Crippen molar-refractivity contribution in [1.29, 1.82) is 0 Å². The van der Waals surface area contributed by atoms with Crippen LogP contribution in [0.2, 0.25) is 0 Å². The molecule has 0 radical (unpaired) electrons. The summed E-state index contributed by atoms with van der Waals surface area (Å²) in [7, 11) is -3.41. The molecular weight excluding hydrogens is 468 g/mol. The Bertz CT molecular complexity index is 1330. The number of aliphatic carboxylic acids is 1. The van der Waals surface area contributed by atoms with Gasteiger partial charge in [-0.05, 0) is 59.6 Å². The van der Waals surface area contributed by atoms with E-state index in [1.807, 2.05) is 44.2 Å². The number of aliphatic hydroxyl groups is 1. The zero-order valence-corrected chi connectivity index (χ0v) is 20.7. The van der Waals surface area contributed by atoms with Crippen molar-refractivity contribution >= 4 is 14.0 Å². The van der Waals surface area contributed by atoms with Crippen LogP contribution in [-0.2, 0) is 9.36 Å². The molecule has 0 bridgehead atoms. The Balaban J connectivity index is 2.43. The lowest BCUT2D eigenvalue weighted by atomic mass is 9.90. The minimum absolute atomic E-state index is 0.156. The average molecular weight is 494 g/mol. The van der Waals surface area contributed by atoms with Gasteiger partial charge in [-0.1, -0.05) is 56.2 Å². The zero-order valence-electron chi connectivity index (χ0n) is 19.8. The third kappa shape index (κ3) is 5.16. The highest BCUT2D eigenvalue weighted by Crippen LogP contribution is 2.39. The monoisotopic (exact) mass is 494 g/mol. The topological polar surface area (TPSA) is 108 Å². The van der Waals surface area contributed by atoms with E-state index in [2.05, 4.69) is 11.8 Å². The van der Waals surface area contributed by atoms with Crippen LogP contribution in [0.4, 0.5) is 4.39 Å². The van der Waals surface area contributed by atoms with E-state index in [0.717, 1.165) is 12.5 Å². The summed E-state index contributed by atoms with van der Waals surface area (Å²) in [5, 5.41) is 17.3. The fraction of sp³-hybridized carbons (Fsp3) is 0.259. The first kappa shape index (κ1) is 26.2. The zero-order chi connectivity index (χ0) is 25.9. The van der Waals surface area contributed by atoms with Crippen LogP contribution in [0.25, 0.3) is 22.4 Å². The number of hydrogen-bond acceptors (Lipinski definition) is 4. The molecule has 0 spiro atoms. The number of aryl methyl sites for hydroxylation is 1. The molecular formula is C27H26FNO5P+. The maximum Gasteiger partial charge on any atom is 0.540 e. The fourth-order valence-corrected chi connectivity index (χ4v) is 4.43. The maximum absolute atomic E-state index is 13.9.